The first kappa shape index (κ1) is 22.9. The van der Waals surface area contributed by atoms with E-state index in [4.69, 9.17) is 23.8 Å². The third kappa shape index (κ3) is 5.31. The zero-order chi connectivity index (χ0) is 22.8. The Morgan fingerprint density at radius 1 is 1.32 bits per heavy atom. The van der Waals surface area contributed by atoms with Crippen LogP contribution in [-0.2, 0) is 0 Å². The number of rotatable bonds is 5. The monoisotopic (exact) mass is 479 g/mol. The van der Waals surface area contributed by atoms with Crippen LogP contribution in [0.4, 0.5) is 16.2 Å². The molecule has 3 rings (SSSR count). The smallest absolute Gasteiger partial charge is 0.306 e. The largest absolute Gasteiger partial charge is 0.347 e. The molecule has 9 nitrogen and oxygen atoms in total. The molecule has 2 amide bonds. The van der Waals surface area contributed by atoms with Crippen molar-refractivity contribution in [1.29, 1.82) is 0 Å². The number of halogens is 1. The molecular formula is C19H18ClN5O4S2. The number of amides is 2. The Labute approximate surface area is 192 Å². The predicted octanol–water partition coefficient (Wildman–Crippen LogP) is 4.94. The Balaban J connectivity index is 1.78. The molecular weight excluding hydrogens is 462 g/mol. The summed E-state index contributed by atoms with van der Waals surface area (Å²) in [6.07, 6.45) is 0.659. The zero-order valence-corrected chi connectivity index (χ0v) is 18.8. The number of nitro groups is 1. The lowest BCUT2D eigenvalue weighted by Gasteiger charge is -2.34. The quantitative estimate of drug-likeness (QED) is 0.205. The van der Waals surface area contributed by atoms with Crippen LogP contribution in [0, 0.1) is 10.1 Å². The molecule has 1 aliphatic rings. The summed E-state index contributed by atoms with van der Waals surface area (Å²) in [6.45, 7) is 3.66. The second kappa shape index (κ2) is 9.18. The van der Waals surface area contributed by atoms with Gasteiger partial charge in [-0.05, 0) is 43.7 Å². The number of anilines is 1. The topological polar surface area (TPSA) is 111 Å². The summed E-state index contributed by atoms with van der Waals surface area (Å²) >= 11 is 12.6. The molecule has 0 radical (unpaired) electrons. The first-order chi connectivity index (χ1) is 14.6. The van der Waals surface area contributed by atoms with E-state index in [0.29, 0.717) is 14.4 Å². The highest BCUT2D eigenvalue weighted by Crippen LogP contribution is 2.42. The van der Waals surface area contributed by atoms with E-state index in [1.54, 1.807) is 30.5 Å². The van der Waals surface area contributed by atoms with Crippen molar-refractivity contribution < 1.29 is 14.9 Å². The summed E-state index contributed by atoms with van der Waals surface area (Å²) in [7, 11) is 0. The summed E-state index contributed by atoms with van der Waals surface area (Å²) in [4.78, 5) is 22.9. The number of nitro benzene ring substituents is 1. The van der Waals surface area contributed by atoms with Gasteiger partial charge in [-0.15, -0.1) is 0 Å². The normalized spacial score (nSPS) is 17.7. The number of hydrogen-bond acceptors (Lipinski definition) is 7. The maximum absolute atomic E-state index is 12.7. The number of thiocarbonyl (C=S) groups is 1. The van der Waals surface area contributed by atoms with Crippen LogP contribution in [0.1, 0.15) is 19.4 Å². The fourth-order valence-electron chi connectivity index (χ4n) is 2.86. The number of carbonyl (C=O) groups is 1. The number of nitrogens with one attached hydrogen (secondary N) is 1. The van der Waals surface area contributed by atoms with E-state index in [1.165, 1.54) is 41.0 Å². The van der Waals surface area contributed by atoms with Gasteiger partial charge in [-0.25, -0.2) is 9.80 Å². The van der Waals surface area contributed by atoms with E-state index in [9.17, 15) is 20.1 Å². The highest BCUT2D eigenvalue weighted by Gasteiger charge is 2.50. The molecule has 1 heterocycles. The van der Waals surface area contributed by atoms with E-state index < -0.39 is 21.9 Å². The average Bonchev–Trinajstić information content (AvgIpc) is 2.94. The Morgan fingerprint density at radius 2 is 1.94 bits per heavy atom. The van der Waals surface area contributed by atoms with Gasteiger partial charge in [0, 0.05) is 22.8 Å². The van der Waals surface area contributed by atoms with Crippen molar-refractivity contribution in [1.82, 2.24) is 10.1 Å². The Kier molecular flexibility index (Phi) is 6.80. The van der Waals surface area contributed by atoms with Gasteiger partial charge in [0.25, 0.3) is 5.69 Å². The van der Waals surface area contributed by atoms with Crippen molar-refractivity contribution in [2.45, 2.75) is 24.8 Å². The van der Waals surface area contributed by atoms with E-state index in [0.717, 1.165) is 5.56 Å². The highest BCUT2D eigenvalue weighted by atomic mass is 35.5. The van der Waals surface area contributed by atoms with Gasteiger partial charge in [0.05, 0.1) is 15.9 Å². The molecule has 0 aliphatic carbocycles. The molecule has 2 aromatic carbocycles. The van der Waals surface area contributed by atoms with Gasteiger partial charge in [-0.1, -0.05) is 47.7 Å². The molecule has 0 aromatic heterocycles. The van der Waals surface area contributed by atoms with E-state index >= 15 is 0 Å². The summed E-state index contributed by atoms with van der Waals surface area (Å²) in [6, 6.07) is 11.4. The van der Waals surface area contributed by atoms with Crippen LogP contribution in [-0.4, -0.2) is 47.7 Å². The van der Waals surface area contributed by atoms with Crippen LogP contribution in [0.2, 0.25) is 5.02 Å². The number of hydroxylamine groups is 2. The molecule has 0 spiro atoms. The van der Waals surface area contributed by atoms with E-state index in [-0.39, 0.29) is 11.4 Å². The molecule has 2 aromatic rings. The molecule has 1 atom stereocenters. The molecule has 12 heteroatoms. The molecule has 31 heavy (non-hydrogen) atoms. The summed E-state index contributed by atoms with van der Waals surface area (Å²) in [5.41, 5.74) is 0.942. The van der Waals surface area contributed by atoms with Crippen molar-refractivity contribution in [3.05, 3.63) is 69.2 Å². The van der Waals surface area contributed by atoms with E-state index in [1.807, 2.05) is 13.8 Å². The van der Waals surface area contributed by atoms with Crippen LogP contribution in [0.25, 0.3) is 0 Å². The lowest BCUT2D eigenvalue weighted by molar-refractivity contribution is -0.384. The molecule has 0 saturated carbocycles. The fraction of sp³-hybridized carbons (Fsp3) is 0.211. The van der Waals surface area contributed by atoms with Gasteiger partial charge in [0.15, 0.2) is 10.5 Å². The van der Waals surface area contributed by atoms with Crippen molar-refractivity contribution >= 4 is 63.5 Å². The Bertz CT molecular complexity index is 1030. The van der Waals surface area contributed by atoms with Crippen LogP contribution >= 0.6 is 35.6 Å². The molecule has 162 valence electrons. The standard InChI is InChI=1S/C19H18ClN5O4S2/c1-19(2)16(23(18(30)31-19)21-11-12-3-5-13(20)6-4-12)24(27)17(26)22-14-7-9-15(10-8-14)25(28)29/h3-11,16,27H,1-2H3,(H,22,26)/b21-11-/t16-/m0/s1. The zero-order valence-electron chi connectivity index (χ0n) is 16.4. The van der Waals surface area contributed by atoms with Crippen molar-refractivity contribution in [3.63, 3.8) is 0 Å². The minimum absolute atomic E-state index is 0.111. The van der Waals surface area contributed by atoms with Gasteiger partial charge in [-0.3, -0.25) is 15.3 Å². The Morgan fingerprint density at radius 3 is 2.52 bits per heavy atom. The maximum Gasteiger partial charge on any atom is 0.347 e. The molecule has 1 fully saturated rings. The second-order valence-corrected chi connectivity index (χ2v) is 9.79. The lowest BCUT2D eigenvalue weighted by Crippen LogP contribution is -2.54. The number of thioether (sulfide) groups is 1. The van der Waals surface area contributed by atoms with Crippen LogP contribution in [0.3, 0.4) is 0 Å². The average molecular weight is 480 g/mol. The molecule has 0 bridgehead atoms. The van der Waals surface area contributed by atoms with Gasteiger partial charge < -0.3 is 5.32 Å². The van der Waals surface area contributed by atoms with Crippen LogP contribution in [0.5, 0.6) is 0 Å². The number of nitrogens with zero attached hydrogens (tertiary/aromatic N) is 4. The number of carbonyl (C=O) groups excluding carboxylic acids is 1. The van der Waals surface area contributed by atoms with Crippen LogP contribution in [0.15, 0.2) is 53.6 Å². The molecule has 0 unspecified atom stereocenters. The van der Waals surface area contributed by atoms with Crippen molar-refractivity contribution in [3.8, 4) is 0 Å². The van der Waals surface area contributed by atoms with Crippen LogP contribution < -0.4 is 5.32 Å². The lowest BCUT2D eigenvalue weighted by atomic mass is 10.1. The second-order valence-electron chi connectivity index (χ2n) is 7.06. The maximum atomic E-state index is 12.7. The third-order valence-corrected chi connectivity index (χ3v) is 6.15. The number of hydrogen-bond donors (Lipinski definition) is 2. The molecule has 1 aliphatic heterocycles. The first-order valence-electron chi connectivity index (χ1n) is 8.94. The summed E-state index contributed by atoms with van der Waals surface area (Å²) < 4.78 is -0.280. The Hall–Kier alpha value is -2.73. The minimum atomic E-state index is -0.897. The minimum Gasteiger partial charge on any atom is -0.306 e. The van der Waals surface area contributed by atoms with Gasteiger partial charge in [-0.2, -0.15) is 10.2 Å². The fourth-order valence-corrected chi connectivity index (χ4v) is 4.78. The predicted molar refractivity (Wildman–Crippen MR) is 125 cm³/mol. The number of urea groups is 1. The number of hydrazone groups is 1. The first-order valence-corrected chi connectivity index (χ1v) is 10.5. The highest BCUT2D eigenvalue weighted by molar-refractivity contribution is 8.24. The number of non-ortho nitro benzene ring substituents is 1. The van der Waals surface area contributed by atoms with Crippen molar-refractivity contribution in [2.24, 2.45) is 5.10 Å². The molecule has 1 saturated heterocycles. The molecule has 2 N–H and O–H groups in total. The van der Waals surface area contributed by atoms with Gasteiger partial charge >= 0.3 is 6.03 Å². The van der Waals surface area contributed by atoms with E-state index in [2.05, 4.69) is 10.4 Å². The number of benzene rings is 2. The SMILES string of the molecule is CC1(C)SC(=S)N(/N=C\c2ccc(Cl)cc2)[C@H]1N(O)C(=O)Nc1ccc([N+](=O)[O-])cc1. The van der Waals surface area contributed by atoms with Gasteiger partial charge in [0.2, 0.25) is 0 Å². The summed E-state index contributed by atoms with van der Waals surface area (Å²) in [5, 5.41) is 30.8. The summed E-state index contributed by atoms with van der Waals surface area (Å²) in [5.74, 6) is 0. The van der Waals surface area contributed by atoms with Crippen molar-refractivity contribution in [2.75, 3.05) is 5.32 Å². The third-order valence-electron chi connectivity index (χ3n) is 4.36. The van der Waals surface area contributed by atoms with Gasteiger partial charge in [0.1, 0.15) is 0 Å².